The molecule has 9 nitrogen and oxygen atoms in total. The summed E-state index contributed by atoms with van der Waals surface area (Å²) in [6.07, 6.45) is 0. The zero-order chi connectivity index (χ0) is 19.3. The second-order valence-corrected chi connectivity index (χ2v) is 7.26. The molecule has 0 atom stereocenters. The van der Waals surface area contributed by atoms with Crippen molar-refractivity contribution in [3.8, 4) is 6.01 Å². The number of urea groups is 1. The van der Waals surface area contributed by atoms with E-state index in [2.05, 4.69) is 20.3 Å². The van der Waals surface area contributed by atoms with Gasteiger partial charge in [0.15, 0.2) is 0 Å². The van der Waals surface area contributed by atoms with Crippen molar-refractivity contribution in [2.24, 2.45) is 0 Å². The van der Waals surface area contributed by atoms with Crippen LogP contribution < -0.4 is 14.8 Å². The Balaban J connectivity index is 2.19. The van der Waals surface area contributed by atoms with Gasteiger partial charge in [0.2, 0.25) is 5.95 Å². The maximum atomic E-state index is 12.6. The minimum Gasteiger partial charge on any atom is -0.467 e. The summed E-state index contributed by atoms with van der Waals surface area (Å²) >= 11 is 0.0562. The molecule has 2 N–H and O–H groups in total. The van der Waals surface area contributed by atoms with Crippen molar-refractivity contribution in [1.29, 1.82) is 0 Å². The van der Waals surface area contributed by atoms with Crippen molar-refractivity contribution in [2.75, 3.05) is 12.4 Å². The molecule has 0 saturated heterocycles. The largest absolute Gasteiger partial charge is 0.467 e. The van der Waals surface area contributed by atoms with Gasteiger partial charge in [-0.05, 0) is 19.1 Å². The predicted octanol–water partition coefficient (Wildman–Crippen LogP) is 2.01. The van der Waals surface area contributed by atoms with Crippen LogP contribution in [0.2, 0.25) is 0 Å². The topological polar surface area (TPSA) is 123 Å². The highest BCUT2D eigenvalue weighted by atomic mass is 32.2. The first-order valence-corrected chi connectivity index (χ1v) is 9.22. The van der Waals surface area contributed by atoms with Crippen molar-refractivity contribution in [3.63, 3.8) is 0 Å². The molecule has 13 heteroatoms. The Morgan fingerprint density at radius 2 is 1.92 bits per heavy atom. The van der Waals surface area contributed by atoms with E-state index in [0.29, 0.717) is 0 Å². The Hall–Kier alpha value is -2.54. The number of aromatic nitrogens is 3. The number of amides is 2. The summed E-state index contributed by atoms with van der Waals surface area (Å²) in [7, 11) is -3.09. The molecule has 26 heavy (non-hydrogen) atoms. The molecule has 1 aromatic carbocycles. The van der Waals surface area contributed by atoms with Crippen LogP contribution in [0.5, 0.6) is 6.01 Å². The van der Waals surface area contributed by atoms with Crippen LogP contribution in [0.1, 0.15) is 5.82 Å². The van der Waals surface area contributed by atoms with Gasteiger partial charge in [0, 0.05) is 4.90 Å². The second-order valence-electron chi connectivity index (χ2n) is 4.58. The van der Waals surface area contributed by atoms with Crippen LogP contribution in [-0.2, 0) is 10.0 Å². The highest BCUT2D eigenvalue weighted by molar-refractivity contribution is 8.00. The molecule has 0 unspecified atom stereocenters. The predicted molar refractivity (Wildman–Crippen MR) is 88.8 cm³/mol. The lowest BCUT2D eigenvalue weighted by Crippen LogP contribution is -2.35. The Bertz CT molecular complexity index is 911. The molecule has 140 valence electrons. The minimum absolute atomic E-state index is 0.0562. The van der Waals surface area contributed by atoms with Crippen molar-refractivity contribution in [1.82, 2.24) is 19.7 Å². The number of carbonyl (C=O) groups is 1. The summed E-state index contributed by atoms with van der Waals surface area (Å²) in [5.41, 5.74) is 0. The van der Waals surface area contributed by atoms with Crippen LogP contribution in [0.15, 0.2) is 34.1 Å². The smallest absolute Gasteiger partial charge is 0.335 e. The summed E-state index contributed by atoms with van der Waals surface area (Å²) in [6, 6.07) is 3.83. The van der Waals surface area contributed by atoms with Crippen LogP contribution in [0.25, 0.3) is 0 Å². The van der Waals surface area contributed by atoms with E-state index in [1.807, 2.05) is 0 Å². The van der Waals surface area contributed by atoms with Crippen LogP contribution in [0, 0.1) is 6.92 Å². The molecule has 1 aromatic heterocycles. The number of aryl methyl sites for hydroxylation is 1. The van der Waals surface area contributed by atoms with Gasteiger partial charge in [0.05, 0.1) is 7.11 Å². The standard InChI is InChI=1S/C13H13F2N5O4S2/c1-7-16-11(19-13(17-7)24-2)18-12(21)20-26(22,23)9-6-4-3-5-8(9)25-10(14)15/h3-6,10H,1-2H3,(H2,16,17,18,19,20,21). The lowest BCUT2D eigenvalue weighted by atomic mass is 10.4. The third-order valence-electron chi connectivity index (χ3n) is 2.72. The van der Waals surface area contributed by atoms with Gasteiger partial charge in [-0.3, -0.25) is 5.32 Å². The molecule has 0 spiro atoms. The summed E-state index contributed by atoms with van der Waals surface area (Å²) in [5.74, 6) is -2.83. The zero-order valence-electron chi connectivity index (χ0n) is 13.4. The summed E-state index contributed by atoms with van der Waals surface area (Å²) in [4.78, 5) is 22.7. The average molecular weight is 405 g/mol. The average Bonchev–Trinajstić information content (AvgIpc) is 2.53. The molecule has 2 rings (SSSR count). The van der Waals surface area contributed by atoms with E-state index in [1.54, 1.807) is 4.72 Å². The number of ether oxygens (including phenoxy) is 1. The summed E-state index contributed by atoms with van der Waals surface area (Å²) < 4.78 is 56.3. The molecule has 0 aliphatic carbocycles. The van der Waals surface area contributed by atoms with Crippen molar-refractivity contribution in [3.05, 3.63) is 30.1 Å². The van der Waals surface area contributed by atoms with Gasteiger partial charge in [-0.1, -0.05) is 23.9 Å². The SMILES string of the molecule is COc1nc(C)nc(NC(=O)NS(=O)(=O)c2ccccc2SC(F)F)n1. The second kappa shape index (κ2) is 8.23. The van der Waals surface area contributed by atoms with Crippen molar-refractivity contribution in [2.45, 2.75) is 22.5 Å². The number of thioether (sulfide) groups is 1. The van der Waals surface area contributed by atoms with E-state index in [0.717, 1.165) is 6.07 Å². The van der Waals surface area contributed by atoms with Gasteiger partial charge in [-0.15, -0.1) is 0 Å². The Morgan fingerprint density at radius 1 is 1.23 bits per heavy atom. The number of carbonyl (C=O) groups excluding carboxylic acids is 1. The molecular weight excluding hydrogens is 392 g/mol. The number of halogens is 2. The third kappa shape index (κ3) is 5.23. The van der Waals surface area contributed by atoms with Crippen molar-refractivity contribution < 1.29 is 26.7 Å². The number of nitrogens with zero attached hydrogens (tertiary/aromatic N) is 3. The molecule has 0 aliphatic rings. The number of benzene rings is 1. The fourth-order valence-corrected chi connectivity index (χ4v) is 3.78. The van der Waals surface area contributed by atoms with Crippen LogP contribution in [0.3, 0.4) is 0 Å². The van der Waals surface area contributed by atoms with E-state index >= 15 is 0 Å². The zero-order valence-corrected chi connectivity index (χ0v) is 15.1. The molecule has 1 heterocycles. The maximum absolute atomic E-state index is 12.6. The van der Waals surface area contributed by atoms with E-state index in [4.69, 9.17) is 4.74 Å². The molecule has 0 radical (unpaired) electrons. The third-order valence-corrected chi connectivity index (χ3v) is 5.02. The first-order chi connectivity index (χ1) is 12.2. The lowest BCUT2D eigenvalue weighted by Gasteiger charge is -2.11. The Morgan fingerprint density at radius 3 is 2.58 bits per heavy atom. The molecule has 2 amide bonds. The van der Waals surface area contributed by atoms with Gasteiger partial charge in [0.1, 0.15) is 10.7 Å². The van der Waals surface area contributed by atoms with Gasteiger partial charge in [0.25, 0.3) is 15.8 Å². The Labute approximate surface area is 151 Å². The number of methoxy groups -OCH3 is 1. The van der Waals surface area contributed by atoms with Crippen molar-refractivity contribution >= 4 is 33.8 Å². The highest BCUT2D eigenvalue weighted by Gasteiger charge is 2.23. The first kappa shape index (κ1) is 19.8. The molecule has 2 aromatic rings. The van der Waals surface area contributed by atoms with E-state index < -0.39 is 26.7 Å². The van der Waals surface area contributed by atoms with Crippen LogP contribution in [-0.4, -0.2) is 42.3 Å². The number of alkyl halides is 2. The van der Waals surface area contributed by atoms with Gasteiger partial charge >= 0.3 is 12.0 Å². The molecule has 0 bridgehead atoms. The fourth-order valence-electron chi connectivity index (χ4n) is 1.77. The highest BCUT2D eigenvalue weighted by Crippen LogP contribution is 2.30. The molecule has 0 saturated carbocycles. The maximum Gasteiger partial charge on any atom is 0.335 e. The van der Waals surface area contributed by atoms with E-state index in [1.165, 1.54) is 32.2 Å². The number of anilines is 1. The molecular formula is C13H13F2N5O4S2. The summed E-state index contributed by atoms with van der Waals surface area (Å²) in [5, 5.41) is 2.12. The first-order valence-electron chi connectivity index (χ1n) is 6.85. The van der Waals surface area contributed by atoms with Crippen LogP contribution >= 0.6 is 11.8 Å². The minimum atomic E-state index is -4.40. The quantitative estimate of drug-likeness (QED) is 0.700. The number of sulfonamides is 1. The van der Waals surface area contributed by atoms with Gasteiger partial charge in [-0.2, -0.15) is 23.7 Å². The number of hydrogen-bond acceptors (Lipinski definition) is 8. The van der Waals surface area contributed by atoms with Gasteiger partial charge < -0.3 is 4.74 Å². The fraction of sp³-hybridized carbons (Fsp3) is 0.231. The van der Waals surface area contributed by atoms with E-state index in [-0.39, 0.29) is 34.4 Å². The number of nitrogens with one attached hydrogen (secondary N) is 2. The van der Waals surface area contributed by atoms with Gasteiger partial charge in [-0.25, -0.2) is 17.9 Å². The normalized spacial score (nSPS) is 11.3. The molecule has 0 aliphatic heterocycles. The number of rotatable bonds is 6. The molecule has 0 fully saturated rings. The van der Waals surface area contributed by atoms with Crippen LogP contribution in [0.4, 0.5) is 19.5 Å². The Kier molecular flexibility index (Phi) is 6.26. The summed E-state index contributed by atoms with van der Waals surface area (Å²) in [6.45, 7) is 1.52. The number of hydrogen-bond donors (Lipinski definition) is 2. The lowest BCUT2D eigenvalue weighted by molar-refractivity contribution is 0.252. The van der Waals surface area contributed by atoms with E-state index in [9.17, 15) is 22.0 Å². The monoisotopic (exact) mass is 405 g/mol.